The normalized spacial score (nSPS) is 17.9. The molecule has 1 aliphatic heterocycles. The van der Waals surface area contributed by atoms with Crippen molar-refractivity contribution in [2.24, 2.45) is 7.05 Å². The maximum atomic E-state index is 14.1. The lowest BCUT2D eigenvalue weighted by Gasteiger charge is -2.33. The molecule has 1 saturated heterocycles. The first-order valence-corrected chi connectivity index (χ1v) is 7.83. The summed E-state index contributed by atoms with van der Waals surface area (Å²) < 4.78 is 15.6. The quantitative estimate of drug-likeness (QED) is 0.933. The predicted molar refractivity (Wildman–Crippen MR) is 87.2 cm³/mol. The number of rotatable bonds is 3. The van der Waals surface area contributed by atoms with Gasteiger partial charge in [0.25, 0.3) is 5.91 Å². The Kier molecular flexibility index (Phi) is 4.33. The molecule has 7 heteroatoms. The number of piperidine rings is 1. The van der Waals surface area contributed by atoms with Crippen molar-refractivity contribution in [3.8, 4) is 0 Å². The molecule has 1 aromatic heterocycles. The molecule has 1 N–H and O–H groups in total. The molecule has 2 amide bonds. The van der Waals surface area contributed by atoms with Crippen LogP contribution in [0.3, 0.4) is 0 Å². The van der Waals surface area contributed by atoms with E-state index in [1.807, 2.05) is 6.92 Å². The molecule has 6 nitrogen and oxygen atoms in total. The predicted octanol–water partition coefficient (Wildman–Crippen LogP) is 1.79. The van der Waals surface area contributed by atoms with Crippen molar-refractivity contribution >= 4 is 17.5 Å². The fourth-order valence-corrected chi connectivity index (χ4v) is 2.86. The number of hydrogen-bond acceptors (Lipinski definition) is 3. The molecule has 1 atom stereocenters. The third-order valence-electron chi connectivity index (χ3n) is 4.10. The molecule has 0 spiro atoms. The monoisotopic (exact) mass is 330 g/mol. The molecule has 0 radical (unpaired) electrons. The molecule has 1 aromatic carbocycles. The molecular weight excluding hydrogens is 311 g/mol. The number of halogens is 1. The van der Waals surface area contributed by atoms with Gasteiger partial charge in [-0.15, -0.1) is 0 Å². The van der Waals surface area contributed by atoms with Crippen LogP contribution >= 0.6 is 0 Å². The lowest BCUT2D eigenvalue weighted by Crippen LogP contribution is -2.52. The van der Waals surface area contributed by atoms with Crippen molar-refractivity contribution in [1.29, 1.82) is 0 Å². The van der Waals surface area contributed by atoms with Gasteiger partial charge in [-0.25, -0.2) is 4.39 Å². The molecule has 2 aromatic rings. The number of carbonyl (C=O) groups is 2. The number of hydrogen-bond donors (Lipinski definition) is 1. The second kappa shape index (κ2) is 6.43. The molecule has 0 unspecified atom stereocenters. The summed E-state index contributed by atoms with van der Waals surface area (Å²) >= 11 is 0. The van der Waals surface area contributed by atoms with Crippen LogP contribution < -0.4 is 10.2 Å². The summed E-state index contributed by atoms with van der Waals surface area (Å²) in [6.45, 7) is 2.29. The molecule has 2 heterocycles. The van der Waals surface area contributed by atoms with Gasteiger partial charge in [0.2, 0.25) is 5.91 Å². The number of aryl methyl sites for hydroxylation is 2. The van der Waals surface area contributed by atoms with Gasteiger partial charge in [0, 0.05) is 19.8 Å². The van der Waals surface area contributed by atoms with E-state index in [4.69, 9.17) is 0 Å². The van der Waals surface area contributed by atoms with Crippen LogP contribution in [0.15, 0.2) is 30.6 Å². The Hall–Kier alpha value is -2.70. The Morgan fingerprint density at radius 1 is 1.42 bits per heavy atom. The van der Waals surface area contributed by atoms with Gasteiger partial charge in [-0.1, -0.05) is 6.07 Å². The van der Waals surface area contributed by atoms with Crippen LogP contribution in [0.1, 0.15) is 28.8 Å². The summed E-state index contributed by atoms with van der Waals surface area (Å²) in [4.78, 5) is 26.3. The molecule has 0 bridgehead atoms. The lowest BCUT2D eigenvalue weighted by atomic mass is 10.0. The van der Waals surface area contributed by atoms with Crippen molar-refractivity contribution in [2.45, 2.75) is 25.8 Å². The van der Waals surface area contributed by atoms with Gasteiger partial charge in [-0.05, 0) is 37.5 Å². The van der Waals surface area contributed by atoms with Gasteiger partial charge in [-0.3, -0.25) is 14.3 Å². The molecule has 1 aliphatic rings. The number of aromatic nitrogens is 2. The van der Waals surface area contributed by atoms with Gasteiger partial charge in [-0.2, -0.15) is 5.10 Å². The van der Waals surface area contributed by atoms with E-state index in [0.29, 0.717) is 24.9 Å². The Labute approximate surface area is 139 Å². The van der Waals surface area contributed by atoms with Gasteiger partial charge < -0.3 is 10.2 Å². The maximum Gasteiger partial charge on any atom is 0.255 e. The second-order valence-electron chi connectivity index (χ2n) is 6.02. The highest BCUT2D eigenvalue weighted by atomic mass is 19.1. The Bertz CT molecular complexity index is 787. The summed E-state index contributed by atoms with van der Waals surface area (Å²) in [5.74, 6) is -1.08. The van der Waals surface area contributed by atoms with Crippen molar-refractivity contribution in [3.05, 3.63) is 47.5 Å². The molecule has 0 aliphatic carbocycles. The summed E-state index contributed by atoms with van der Waals surface area (Å²) in [6, 6.07) is 4.01. The van der Waals surface area contributed by atoms with Gasteiger partial charge in [0.1, 0.15) is 11.9 Å². The number of amides is 2. The fraction of sp³-hybridized carbons (Fsp3) is 0.353. The average molecular weight is 330 g/mol. The van der Waals surface area contributed by atoms with Crippen molar-refractivity contribution in [3.63, 3.8) is 0 Å². The van der Waals surface area contributed by atoms with Crippen LogP contribution in [-0.4, -0.2) is 34.2 Å². The summed E-state index contributed by atoms with van der Waals surface area (Å²) in [6.07, 6.45) is 4.26. The topological polar surface area (TPSA) is 67.2 Å². The minimum Gasteiger partial charge on any atom is -0.340 e. The minimum atomic E-state index is -0.661. The molecular formula is C17H19FN4O2. The van der Waals surface area contributed by atoms with Crippen molar-refractivity contribution < 1.29 is 14.0 Å². The first kappa shape index (κ1) is 16.2. The summed E-state index contributed by atoms with van der Waals surface area (Å²) in [5.41, 5.74) is 1.53. The Morgan fingerprint density at radius 2 is 2.21 bits per heavy atom. The fourth-order valence-electron chi connectivity index (χ4n) is 2.86. The Balaban J connectivity index is 1.77. The average Bonchev–Trinajstić information content (AvgIpc) is 2.98. The third-order valence-corrected chi connectivity index (χ3v) is 4.10. The van der Waals surface area contributed by atoms with E-state index in [9.17, 15) is 14.0 Å². The van der Waals surface area contributed by atoms with Gasteiger partial charge >= 0.3 is 0 Å². The number of carbonyl (C=O) groups excluding carboxylic acids is 2. The zero-order valence-corrected chi connectivity index (χ0v) is 13.6. The van der Waals surface area contributed by atoms with Crippen LogP contribution in [0.5, 0.6) is 0 Å². The second-order valence-corrected chi connectivity index (χ2v) is 6.02. The highest BCUT2D eigenvalue weighted by molar-refractivity contribution is 6.02. The summed E-state index contributed by atoms with van der Waals surface area (Å²) in [7, 11) is 1.71. The standard InChI is InChI=1S/C17H19FN4O2/c1-11-5-6-13(18)15(8-11)22-7-3-4-14(17(22)24)20-16(23)12-9-19-21(2)10-12/h5-6,8-10,14H,3-4,7H2,1-2H3,(H,20,23)/t14-/m0/s1. The third kappa shape index (κ3) is 3.15. The van der Waals surface area contributed by atoms with E-state index in [1.165, 1.54) is 21.8 Å². The van der Waals surface area contributed by atoms with E-state index < -0.39 is 11.9 Å². The van der Waals surface area contributed by atoms with E-state index in [2.05, 4.69) is 10.4 Å². The molecule has 3 rings (SSSR count). The SMILES string of the molecule is Cc1ccc(F)c(N2CCC[C@H](NC(=O)c3cnn(C)c3)C2=O)c1. The first-order chi connectivity index (χ1) is 11.5. The number of anilines is 1. The van der Waals surface area contributed by atoms with Crippen LogP contribution in [-0.2, 0) is 11.8 Å². The van der Waals surface area contributed by atoms with Gasteiger partial charge in [0.05, 0.1) is 17.4 Å². The van der Waals surface area contributed by atoms with Crippen LogP contribution in [0.25, 0.3) is 0 Å². The van der Waals surface area contributed by atoms with E-state index in [0.717, 1.165) is 5.56 Å². The zero-order valence-electron chi connectivity index (χ0n) is 13.6. The largest absolute Gasteiger partial charge is 0.340 e. The van der Waals surface area contributed by atoms with Crippen LogP contribution in [0.4, 0.5) is 10.1 Å². The van der Waals surface area contributed by atoms with E-state index >= 15 is 0 Å². The van der Waals surface area contributed by atoms with Crippen molar-refractivity contribution in [2.75, 3.05) is 11.4 Å². The number of nitrogens with one attached hydrogen (secondary N) is 1. The highest BCUT2D eigenvalue weighted by Gasteiger charge is 2.32. The smallest absolute Gasteiger partial charge is 0.255 e. The van der Waals surface area contributed by atoms with Gasteiger partial charge in [0.15, 0.2) is 0 Å². The number of nitrogens with zero attached hydrogens (tertiary/aromatic N) is 3. The maximum absolute atomic E-state index is 14.1. The molecule has 1 fully saturated rings. The van der Waals surface area contributed by atoms with Crippen molar-refractivity contribution in [1.82, 2.24) is 15.1 Å². The van der Waals surface area contributed by atoms with E-state index in [-0.39, 0.29) is 17.5 Å². The van der Waals surface area contributed by atoms with Crippen LogP contribution in [0, 0.1) is 12.7 Å². The summed E-state index contributed by atoms with van der Waals surface area (Å²) in [5, 5.41) is 6.67. The lowest BCUT2D eigenvalue weighted by molar-refractivity contribution is -0.121. The molecule has 24 heavy (non-hydrogen) atoms. The minimum absolute atomic E-state index is 0.264. The molecule has 0 saturated carbocycles. The van der Waals surface area contributed by atoms with Crippen LogP contribution in [0.2, 0.25) is 0 Å². The number of benzene rings is 1. The Morgan fingerprint density at radius 3 is 2.92 bits per heavy atom. The highest BCUT2D eigenvalue weighted by Crippen LogP contribution is 2.25. The first-order valence-electron chi connectivity index (χ1n) is 7.83. The zero-order chi connectivity index (χ0) is 17.3. The molecule has 126 valence electrons. The van der Waals surface area contributed by atoms with E-state index in [1.54, 1.807) is 25.4 Å².